The monoisotopic (exact) mass is 1540 g/mol. The Kier molecular flexibility index (Phi) is 21.0. The van der Waals surface area contributed by atoms with E-state index >= 15 is 0 Å². The molecule has 0 amide bonds. The molecule has 10 heterocycles. The van der Waals surface area contributed by atoms with E-state index in [0.29, 0.717) is 46.1 Å². The predicted molar refractivity (Wildman–Crippen MR) is 480 cm³/mol. The van der Waals surface area contributed by atoms with Crippen molar-refractivity contribution in [3.8, 4) is 203 Å². The minimum Gasteiger partial charge on any atom is -0.255 e. The Bertz CT molecular complexity index is 6720. The van der Waals surface area contributed by atoms with Gasteiger partial charge < -0.3 is 0 Å². The summed E-state index contributed by atoms with van der Waals surface area (Å²) in [4.78, 5) is 70.4. The van der Waals surface area contributed by atoms with Crippen molar-refractivity contribution in [1.82, 2.24) is 69.8 Å². The van der Waals surface area contributed by atoms with Crippen LogP contribution in [0.5, 0.6) is 0 Å². The molecule has 14 nitrogen and oxygen atoms in total. The summed E-state index contributed by atoms with van der Waals surface area (Å²) in [5, 5.41) is 0. The summed E-state index contributed by atoms with van der Waals surface area (Å²) in [7, 11) is 0. The standard InChI is InChI=1S/2C53H35N7/c1-6-17-36(18-7-1)42-31-49(44-29-28-41(35-55-44)47-33-45(37-19-8-2-9-20-37)57-52(59-47)39-23-12-4-13-24-39)56-50(32-42)51-43(27-16-30-54-51)48-34-46(38-21-10-3-11-22-38)58-53(60-48)40-25-14-5-15-26-40;1-6-16-36(17-7-1)43-31-50(44-27-26-42(35-55-44)48-34-46(38-20-10-3-11-21-38)58-53(60-48)40-24-14-5-15-25-40)56-51(32-43)49-30-41(28-29-54-49)47-33-45(37-18-8-2-9-19-37)57-52(59-47)39-22-12-4-13-23-39/h2*1-35H. The van der Waals surface area contributed by atoms with Crippen LogP contribution in [-0.2, 0) is 0 Å². The van der Waals surface area contributed by atoms with E-state index in [1.165, 1.54) is 0 Å². The molecule has 0 fully saturated rings. The molecular weight excluding hydrogens is 1470 g/mol. The lowest BCUT2D eigenvalue weighted by atomic mass is 9.99. The van der Waals surface area contributed by atoms with Gasteiger partial charge in [-0.1, -0.05) is 303 Å². The van der Waals surface area contributed by atoms with Gasteiger partial charge in [0.1, 0.15) is 0 Å². The van der Waals surface area contributed by atoms with Gasteiger partial charge >= 0.3 is 0 Å². The van der Waals surface area contributed by atoms with E-state index in [1.54, 1.807) is 6.20 Å². The van der Waals surface area contributed by atoms with Crippen LogP contribution in [0, 0.1) is 0 Å². The molecule has 0 bridgehead atoms. The van der Waals surface area contributed by atoms with E-state index in [4.69, 9.17) is 69.8 Å². The highest BCUT2D eigenvalue weighted by molar-refractivity contribution is 5.86. The minimum absolute atomic E-state index is 0.633. The largest absolute Gasteiger partial charge is 0.255 e. The van der Waals surface area contributed by atoms with Crippen LogP contribution < -0.4 is 0 Å². The number of hydrogen-bond acceptors (Lipinski definition) is 14. The molecule has 564 valence electrons. The molecule has 0 atom stereocenters. The molecule has 0 aliphatic carbocycles. The van der Waals surface area contributed by atoms with Crippen molar-refractivity contribution in [2.75, 3.05) is 0 Å². The van der Waals surface area contributed by atoms with Crippen molar-refractivity contribution in [2.24, 2.45) is 0 Å². The minimum atomic E-state index is 0.633. The molecule has 0 spiro atoms. The summed E-state index contributed by atoms with van der Waals surface area (Å²) in [6.07, 6.45) is 7.34. The topological polar surface area (TPSA) is 180 Å². The molecule has 0 aliphatic heterocycles. The highest BCUT2D eigenvalue weighted by Crippen LogP contribution is 2.39. The predicted octanol–water partition coefficient (Wildman–Crippen LogP) is 24.9. The third-order valence-corrected chi connectivity index (χ3v) is 20.5. The Morgan fingerprint density at radius 3 is 0.742 bits per heavy atom. The second-order valence-corrected chi connectivity index (χ2v) is 28.5. The molecule has 14 heteroatoms. The molecule has 0 aliphatic rings. The fourth-order valence-electron chi connectivity index (χ4n) is 14.4. The van der Waals surface area contributed by atoms with Crippen LogP contribution in [-0.4, -0.2) is 69.8 Å². The Labute approximate surface area is 694 Å². The summed E-state index contributed by atoms with van der Waals surface area (Å²) >= 11 is 0. The van der Waals surface area contributed by atoms with Gasteiger partial charge in [-0.25, -0.2) is 49.8 Å². The maximum Gasteiger partial charge on any atom is 0.160 e. The summed E-state index contributed by atoms with van der Waals surface area (Å²) in [6, 6.07) is 134. The fourth-order valence-corrected chi connectivity index (χ4v) is 14.4. The number of nitrogens with zero attached hydrogens (tertiary/aromatic N) is 14. The SMILES string of the molecule is c1ccc(-c2cc(-c3ccc(-c4cc(-c5ccccc5)nc(-c5ccccc5)n4)cn3)nc(-c3cc(-c4cc(-c5ccccc5)nc(-c5ccccc5)n4)ccn3)c2)cc1.c1ccc(-c2cc(-c3ccc(-c4cc(-c5ccccc5)nc(-c5ccccc5)n4)cn3)nc(-c3ncccc3-c3cc(-c4ccccc4)nc(-c4ccccc4)n3)c2)cc1. The first-order valence-corrected chi connectivity index (χ1v) is 39.4. The lowest BCUT2D eigenvalue weighted by Gasteiger charge is -2.14. The number of hydrogen-bond donors (Lipinski definition) is 0. The fraction of sp³-hybridized carbons (Fsp3) is 0. The molecule has 20 aromatic rings. The van der Waals surface area contributed by atoms with Crippen LogP contribution in [0.25, 0.3) is 203 Å². The molecule has 0 N–H and O–H groups in total. The van der Waals surface area contributed by atoms with Crippen LogP contribution in [0.15, 0.2) is 425 Å². The summed E-state index contributed by atoms with van der Waals surface area (Å²) in [6.45, 7) is 0. The van der Waals surface area contributed by atoms with Crippen molar-refractivity contribution in [1.29, 1.82) is 0 Å². The average Bonchev–Trinajstić information content (AvgIpc) is 0.775. The zero-order valence-corrected chi connectivity index (χ0v) is 64.7. The normalized spacial score (nSPS) is 11.0. The molecule has 120 heavy (non-hydrogen) atoms. The first-order valence-electron chi connectivity index (χ1n) is 39.4. The second kappa shape index (κ2) is 34.2. The van der Waals surface area contributed by atoms with E-state index in [2.05, 4.69) is 97.1 Å². The van der Waals surface area contributed by atoms with Crippen LogP contribution in [0.3, 0.4) is 0 Å². The zero-order valence-electron chi connectivity index (χ0n) is 64.7. The van der Waals surface area contributed by atoms with E-state index in [9.17, 15) is 0 Å². The van der Waals surface area contributed by atoms with Gasteiger partial charge in [-0.3, -0.25) is 19.9 Å². The first kappa shape index (κ1) is 73.6. The third kappa shape index (κ3) is 16.6. The van der Waals surface area contributed by atoms with Crippen molar-refractivity contribution in [3.63, 3.8) is 0 Å². The quantitative estimate of drug-likeness (QED) is 0.0791. The van der Waals surface area contributed by atoms with Gasteiger partial charge in [-0.2, -0.15) is 0 Å². The van der Waals surface area contributed by atoms with Crippen molar-refractivity contribution < 1.29 is 0 Å². The van der Waals surface area contributed by atoms with Crippen molar-refractivity contribution in [3.05, 3.63) is 425 Å². The molecule has 10 aromatic heterocycles. The Balaban J connectivity index is 0.000000159. The lowest BCUT2D eigenvalue weighted by Crippen LogP contribution is -2.00. The van der Waals surface area contributed by atoms with Gasteiger partial charge in [0.25, 0.3) is 0 Å². The Morgan fingerprint density at radius 2 is 0.400 bits per heavy atom. The molecule has 20 rings (SSSR count). The van der Waals surface area contributed by atoms with E-state index in [0.717, 1.165) is 157 Å². The highest BCUT2D eigenvalue weighted by atomic mass is 14.9. The van der Waals surface area contributed by atoms with Gasteiger partial charge in [0.2, 0.25) is 0 Å². The Morgan fingerprint density at radius 1 is 0.125 bits per heavy atom. The molecule has 0 unspecified atom stereocenters. The average molecular weight is 1540 g/mol. The van der Waals surface area contributed by atoms with Gasteiger partial charge in [0.15, 0.2) is 23.3 Å². The van der Waals surface area contributed by atoms with Crippen LogP contribution in [0.4, 0.5) is 0 Å². The molecule has 10 aromatic carbocycles. The summed E-state index contributed by atoms with van der Waals surface area (Å²) in [5.41, 5.74) is 27.6. The molecule has 0 radical (unpaired) electrons. The smallest absolute Gasteiger partial charge is 0.160 e. The van der Waals surface area contributed by atoms with Gasteiger partial charge in [0.05, 0.1) is 91.1 Å². The van der Waals surface area contributed by atoms with E-state index in [1.807, 2.05) is 322 Å². The van der Waals surface area contributed by atoms with Crippen LogP contribution >= 0.6 is 0 Å². The second-order valence-electron chi connectivity index (χ2n) is 28.5. The van der Waals surface area contributed by atoms with Gasteiger partial charge in [0, 0.05) is 91.5 Å². The third-order valence-electron chi connectivity index (χ3n) is 20.5. The van der Waals surface area contributed by atoms with Gasteiger partial charge in [-0.05, 0) is 119 Å². The maximum absolute atomic E-state index is 5.26. The maximum atomic E-state index is 5.26. The molecular formula is C106H70N14. The molecule has 0 saturated carbocycles. The first-order chi connectivity index (χ1) is 59.4. The van der Waals surface area contributed by atoms with E-state index in [-0.39, 0.29) is 0 Å². The lowest BCUT2D eigenvalue weighted by molar-refractivity contribution is 1.17. The van der Waals surface area contributed by atoms with Crippen LogP contribution in [0.1, 0.15) is 0 Å². The van der Waals surface area contributed by atoms with Crippen LogP contribution in [0.2, 0.25) is 0 Å². The molecule has 0 saturated heterocycles. The van der Waals surface area contributed by atoms with E-state index < -0.39 is 0 Å². The number of rotatable bonds is 18. The number of pyridine rings is 6. The summed E-state index contributed by atoms with van der Waals surface area (Å²) < 4.78 is 0. The highest BCUT2D eigenvalue weighted by Gasteiger charge is 2.22. The Hall–Kier alpha value is -16.6. The number of aromatic nitrogens is 14. The van der Waals surface area contributed by atoms with Crippen molar-refractivity contribution >= 4 is 0 Å². The van der Waals surface area contributed by atoms with Crippen molar-refractivity contribution in [2.45, 2.75) is 0 Å². The zero-order chi connectivity index (χ0) is 80.2. The number of benzene rings is 10. The van der Waals surface area contributed by atoms with Gasteiger partial charge in [-0.15, -0.1) is 0 Å². The summed E-state index contributed by atoms with van der Waals surface area (Å²) in [5.74, 6) is 2.59.